The maximum atomic E-state index is 5.45. The van der Waals surface area contributed by atoms with Crippen LogP contribution in [0.25, 0.3) is 0 Å². The highest BCUT2D eigenvalue weighted by molar-refractivity contribution is 5.79. The van der Waals surface area contributed by atoms with Crippen LogP contribution in [0.4, 0.5) is 0 Å². The zero-order valence-electron chi connectivity index (χ0n) is 16.4. The Labute approximate surface area is 156 Å². The van der Waals surface area contributed by atoms with E-state index in [1.165, 1.54) is 24.0 Å². The highest BCUT2D eigenvalue weighted by atomic mass is 16.5. The van der Waals surface area contributed by atoms with Crippen molar-refractivity contribution in [3.05, 3.63) is 52.4 Å². The molecule has 3 rings (SSSR count). The van der Waals surface area contributed by atoms with Crippen molar-refractivity contribution < 1.29 is 4.52 Å². The van der Waals surface area contributed by atoms with E-state index in [9.17, 15) is 0 Å². The molecule has 0 spiro atoms. The fraction of sp³-hybridized carbons (Fsp3) is 0.524. The molecule has 0 amide bonds. The zero-order valence-corrected chi connectivity index (χ0v) is 16.4. The maximum Gasteiger partial charge on any atom is 0.191 e. The van der Waals surface area contributed by atoms with Gasteiger partial charge in [0, 0.05) is 37.5 Å². The van der Waals surface area contributed by atoms with E-state index in [-0.39, 0.29) is 5.41 Å². The summed E-state index contributed by atoms with van der Waals surface area (Å²) in [5.74, 6) is 1.79. The van der Waals surface area contributed by atoms with Crippen LogP contribution in [0.3, 0.4) is 0 Å². The second-order valence-corrected chi connectivity index (χ2v) is 7.11. The van der Waals surface area contributed by atoms with Gasteiger partial charge in [-0.2, -0.15) is 0 Å². The largest absolute Gasteiger partial charge is 0.361 e. The van der Waals surface area contributed by atoms with E-state index in [2.05, 4.69) is 65.8 Å². The summed E-state index contributed by atoms with van der Waals surface area (Å²) >= 11 is 0. The summed E-state index contributed by atoms with van der Waals surface area (Å²) in [6.07, 6.45) is 4.19. The van der Waals surface area contributed by atoms with Crippen molar-refractivity contribution in [2.24, 2.45) is 4.99 Å². The summed E-state index contributed by atoms with van der Waals surface area (Å²) < 4.78 is 5.45. The van der Waals surface area contributed by atoms with Gasteiger partial charge < -0.3 is 15.2 Å². The van der Waals surface area contributed by atoms with Crippen LogP contribution in [0.1, 0.15) is 54.8 Å². The number of benzene rings is 1. The predicted octanol–water partition coefficient (Wildman–Crippen LogP) is 3.50. The zero-order chi connectivity index (χ0) is 18.6. The number of aryl methyl sites for hydroxylation is 3. The first-order chi connectivity index (χ1) is 12.6. The predicted molar refractivity (Wildman–Crippen MR) is 106 cm³/mol. The summed E-state index contributed by atoms with van der Waals surface area (Å²) in [4.78, 5) is 4.39. The van der Waals surface area contributed by atoms with Gasteiger partial charge in [-0.25, -0.2) is 0 Å². The molecule has 1 aliphatic carbocycles. The molecule has 5 heteroatoms. The van der Waals surface area contributed by atoms with E-state index < -0.39 is 0 Å². The molecule has 1 saturated carbocycles. The lowest BCUT2D eigenvalue weighted by atomic mass is 9.92. The smallest absolute Gasteiger partial charge is 0.191 e. The van der Waals surface area contributed by atoms with E-state index >= 15 is 0 Å². The fourth-order valence-electron chi connectivity index (χ4n) is 3.64. The van der Waals surface area contributed by atoms with Gasteiger partial charge in [-0.15, -0.1) is 0 Å². The van der Waals surface area contributed by atoms with Crippen molar-refractivity contribution in [3.8, 4) is 0 Å². The molecule has 0 saturated heterocycles. The van der Waals surface area contributed by atoms with E-state index in [1.807, 2.05) is 7.05 Å². The number of nitrogens with zero attached hydrogens (tertiary/aromatic N) is 2. The molecule has 0 bridgehead atoms. The summed E-state index contributed by atoms with van der Waals surface area (Å²) in [7, 11) is 1.82. The molecule has 0 aliphatic heterocycles. The molecule has 26 heavy (non-hydrogen) atoms. The number of guanidine groups is 1. The standard InChI is InChI=1S/C21H30N4O/c1-5-18-16(19(6-2)26-25-18)13-23-20(22-4)24-14-21(11-12-21)17-10-8-7-9-15(17)3/h7-10H,5-6,11-14H2,1-4H3,(H2,22,23,24). The minimum atomic E-state index is 0.253. The molecular weight excluding hydrogens is 324 g/mol. The number of rotatable bonds is 7. The lowest BCUT2D eigenvalue weighted by Gasteiger charge is -2.20. The fourth-order valence-corrected chi connectivity index (χ4v) is 3.64. The Bertz CT molecular complexity index is 753. The molecule has 1 aliphatic rings. The van der Waals surface area contributed by atoms with Crippen LogP contribution < -0.4 is 10.6 Å². The first kappa shape index (κ1) is 18.5. The number of nitrogens with one attached hydrogen (secondary N) is 2. The van der Waals surface area contributed by atoms with Gasteiger partial charge in [-0.3, -0.25) is 4.99 Å². The van der Waals surface area contributed by atoms with Crippen LogP contribution in [-0.4, -0.2) is 24.7 Å². The number of aliphatic imine (C=N–C) groups is 1. The Kier molecular flexibility index (Phi) is 5.64. The van der Waals surface area contributed by atoms with Crippen molar-refractivity contribution >= 4 is 5.96 Å². The topological polar surface area (TPSA) is 62.5 Å². The van der Waals surface area contributed by atoms with Crippen LogP contribution in [-0.2, 0) is 24.8 Å². The molecular formula is C21H30N4O. The SMILES string of the molecule is CCc1noc(CC)c1CNC(=NC)NCC1(c2ccccc2C)CC1. The van der Waals surface area contributed by atoms with Crippen LogP contribution in [0.2, 0.25) is 0 Å². The van der Waals surface area contributed by atoms with Crippen molar-refractivity contribution in [2.45, 2.75) is 58.4 Å². The summed E-state index contributed by atoms with van der Waals surface area (Å²) in [5, 5.41) is 11.1. The Morgan fingerprint density at radius 3 is 2.58 bits per heavy atom. The van der Waals surface area contributed by atoms with Gasteiger partial charge in [0.15, 0.2) is 5.96 Å². The first-order valence-corrected chi connectivity index (χ1v) is 9.60. The van der Waals surface area contributed by atoms with Gasteiger partial charge >= 0.3 is 0 Å². The molecule has 0 radical (unpaired) electrons. The number of aromatic nitrogens is 1. The summed E-state index contributed by atoms with van der Waals surface area (Å²) in [6, 6.07) is 8.71. The van der Waals surface area contributed by atoms with Gasteiger partial charge in [0.05, 0.1) is 5.69 Å². The third-order valence-corrected chi connectivity index (χ3v) is 5.43. The maximum absolute atomic E-state index is 5.45. The van der Waals surface area contributed by atoms with Crippen molar-refractivity contribution in [3.63, 3.8) is 0 Å². The molecule has 1 heterocycles. The lowest BCUT2D eigenvalue weighted by Crippen LogP contribution is -2.41. The van der Waals surface area contributed by atoms with Crippen molar-refractivity contribution in [1.29, 1.82) is 0 Å². The average Bonchev–Trinajstić information content (AvgIpc) is 3.34. The average molecular weight is 354 g/mol. The molecule has 140 valence electrons. The molecule has 1 aromatic carbocycles. The number of hydrogen-bond donors (Lipinski definition) is 2. The second kappa shape index (κ2) is 7.94. The van der Waals surface area contributed by atoms with Gasteiger partial charge in [-0.05, 0) is 37.3 Å². The Hall–Kier alpha value is -2.30. The molecule has 2 N–H and O–H groups in total. The van der Waals surface area contributed by atoms with E-state index in [4.69, 9.17) is 4.52 Å². The van der Waals surface area contributed by atoms with E-state index in [1.54, 1.807) is 0 Å². The van der Waals surface area contributed by atoms with Crippen molar-refractivity contribution in [2.75, 3.05) is 13.6 Å². The molecule has 2 aromatic rings. The minimum absolute atomic E-state index is 0.253. The Morgan fingerprint density at radius 1 is 1.19 bits per heavy atom. The molecule has 5 nitrogen and oxygen atoms in total. The Morgan fingerprint density at radius 2 is 1.96 bits per heavy atom. The van der Waals surface area contributed by atoms with Gasteiger partial charge in [0.25, 0.3) is 0 Å². The minimum Gasteiger partial charge on any atom is -0.361 e. The summed E-state index contributed by atoms with van der Waals surface area (Å²) in [6.45, 7) is 7.99. The van der Waals surface area contributed by atoms with Crippen LogP contribution in [0, 0.1) is 6.92 Å². The van der Waals surface area contributed by atoms with E-state index in [0.29, 0.717) is 6.54 Å². The quantitative estimate of drug-likeness (QED) is 0.590. The first-order valence-electron chi connectivity index (χ1n) is 9.60. The van der Waals surface area contributed by atoms with Crippen LogP contribution in [0.5, 0.6) is 0 Å². The monoisotopic (exact) mass is 354 g/mol. The number of hydrogen-bond acceptors (Lipinski definition) is 3. The molecule has 0 atom stereocenters. The van der Waals surface area contributed by atoms with Crippen molar-refractivity contribution in [1.82, 2.24) is 15.8 Å². The Balaban J connectivity index is 1.61. The molecule has 1 fully saturated rings. The van der Waals surface area contributed by atoms with Gasteiger partial charge in [0.1, 0.15) is 5.76 Å². The highest BCUT2D eigenvalue weighted by Gasteiger charge is 2.44. The van der Waals surface area contributed by atoms with E-state index in [0.717, 1.165) is 42.4 Å². The normalized spacial score (nSPS) is 15.8. The molecule has 0 unspecified atom stereocenters. The summed E-state index contributed by atoms with van der Waals surface area (Å²) in [5.41, 5.74) is 5.29. The highest BCUT2D eigenvalue weighted by Crippen LogP contribution is 2.48. The third-order valence-electron chi connectivity index (χ3n) is 5.43. The van der Waals surface area contributed by atoms with Crippen LogP contribution in [0.15, 0.2) is 33.8 Å². The lowest BCUT2D eigenvalue weighted by molar-refractivity contribution is 0.380. The van der Waals surface area contributed by atoms with Gasteiger partial charge in [0.2, 0.25) is 0 Å². The van der Waals surface area contributed by atoms with Crippen LogP contribution >= 0.6 is 0 Å². The third kappa shape index (κ3) is 3.76. The van der Waals surface area contributed by atoms with Gasteiger partial charge in [-0.1, -0.05) is 43.3 Å². The second-order valence-electron chi connectivity index (χ2n) is 7.11. The molecule has 1 aromatic heterocycles.